The van der Waals surface area contributed by atoms with Gasteiger partial charge in [0.15, 0.2) is 0 Å². The van der Waals surface area contributed by atoms with Gasteiger partial charge in [-0.15, -0.1) is 0 Å². The number of thiocarbonyl (C=S) groups is 1. The molecule has 0 radical (unpaired) electrons. The summed E-state index contributed by atoms with van der Waals surface area (Å²) in [6.07, 6.45) is 0.569. The molecule has 2 N–H and O–H groups in total. The van der Waals surface area contributed by atoms with Crippen LogP contribution in [-0.2, 0) is 0 Å². The molecule has 1 aromatic carbocycles. The molecule has 0 spiro atoms. The topological polar surface area (TPSA) is 46.3 Å². The molecule has 0 aliphatic rings. The highest BCUT2D eigenvalue weighted by Crippen LogP contribution is 2.10. The quantitative estimate of drug-likeness (QED) is 0.814. The van der Waals surface area contributed by atoms with Crippen molar-refractivity contribution in [1.82, 2.24) is 4.90 Å². The first kappa shape index (κ1) is 15.6. The molecular formula is C15H22N2OS. The zero-order valence-corrected chi connectivity index (χ0v) is 12.7. The summed E-state index contributed by atoms with van der Waals surface area (Å²) < 4.78 is 0. The van der Waals surface area contributed by atoms with E-state index in [1.807, 2.05) is 36.1 Å². The van der Waals surface area contributed by atoms with Crippen LogP contribution in [0.15, 0.2) is 24.3 Å². The molecule has 0 bridgehead atoms. The molecule has 0 fully saturated rings. The molecule has 104 valence electrons. The maximum absolute atomic E-state index is 12.4. The van der Waals surface area contributed by atoms with Crippen LogP contribution < -0.4 is 5.73 Å². The Morgan fingerprint density at radius 3 is 2.37 bits per heavy atom. The van der Waals surface area contributed by atoms with Gasteiger partial charge in [-0.3, -0.25) is 4.79 Å². The SMILES string of the molecule is Cc1ccc(C(=O)N(CCC(N)=S)CC(C)C)cc1. The van der Waals surface area contributed by atoms with Gasteiger partial charge in [0.05, 0.1) is 4.99 Å². The number of nitrogens with zero attached hydrogens (tertiary/aromatic N) is 1. The van der Waals surface area contributed by atoms with E-state index >= 15 is 0 Å². The second kappa shape index (κ2) is 7.24. The first-order chi connectivity index (χ1) is 8.90. The van der Waals surface area contributed by atoms with Crippen LogP contribution >= 0.6 is 12.2 Å². The molecule has 4 heteroatoms. The van der Waals surface area contributed by atoms with E-state index in [0.717, 1.165) is 12.1 Å². The molecule has 0 aliphatic carbocycles. The monoisotopic (exact) mass is 278 g/mol. The smallest absolute Gasteiger partial charge is 0.253 e. The number of nitrogens with two attached hydrogens (primary N) is 1. The van der Waals surface area contributed by atoms with Gasteiger partial charge in [-0.05, 0) is 25.0 Å². The minimum absolute atomic E-state index is 0.0463. The molecule has 19 heavy (non-hydrogen) atoms. The zero-order chi connectivity index (χ0) is 14.4. The van der Waals surface area contributed by atoms with Crippen LogP contribution in [0.3, 0.4) is 0 Å². The van der Waals surface area contributed by atoms with E-state index in [-0.39, 0.29) is 5.91 Å². The van der Waals surface area contributed by atoms with Crippen molar-refractivity contribution < 1.29 is 4.79 Å². The van der Waals surface area contributed by atoms with Gasteiger partial charge in [0.1, 0.15) is 0 Å². The van der Waals surface area contributed by atoms with Gasteiger partial charge in [-0.25, -0.2) is 0 Å². The predicted molar refractivity (Wildman–Crippen MR) is 83.3 cm³/mol. The number of benzene rings is 1. The van der Waals surface area contributed by atoms with Crippen molar-refractivity contribution in [2.75, 3.05) is 13.1 Å². The van der Waals surface area contributed by atoms with Crippen LogP contribution in [0.1, 0.15) is 36.2 Å². The number of hydrogen-bond donors (Lipinski definition) is 1. The van der Waals surface area contributed by atoms with Crippen LogP contribution in [-0.4, -0.2) is 28.9 Å². The van der Waals surface area contributed by atoms with Crippen LogP contribution in [0, 0.1) is 12.8 Å². The Labute approximate surface area is 120 Å². The Balaban J connectivity index is 2.80. The lowest BCUT2D eigenvalue weighted by atomic mass is 10.1. The second-order valence-corrected chi connectivity index (χ2v) is 5.75. The van der Waals surface area contributed by atoms with Gasteiger partial charge in [-0.2, -0.15) is 0 Å². The summed E-state index contributed by atoms with van der Waals surface area (Å²) in [6.45, 7) is 7.49. The van der Waals surface area contributed by atoms with Crippen molar-refractivity contribution in [2.24, 2.45) is 11.7 Å². The summed E-state index contributed by atoms with van der Waals surface area (Å²) in [5, 5.41) is 0. The minimum atomic E-state index is 0.0463. The van der Waals surface area contributed by atoms with Crippen LogP contribution in [0.25, 0.3) is 0 Å². The summed E-state index contributed by atoms with van der Waals surface area (Å²) in [6, 6.07) is 7.64. The van der Waals surface area contributed by atoms with E-state index in [4.69, 9.17) is 18.0 Å². The maximum Gasteiger partial charge on any atom is 0.253 e. The van der Waals surface area contributed by atoms with E-state index in [1.165, 1.54) is 0 Å². The number of hydrogen-bond acceptors (Lipinski definition) is 2. The van der Waals surface area contributed by atoms with Gasteiger partial charge in [0.2, 0.25) is 0 Å². The summed E-state index contributed by atoms with van der Waals surface area (Å²) >= 11 is 4.89. The molecule has 0 aliphatic heterocycles. The lowest BCUT2D eigenvalue weighted by molar-refractivity contribution is 0.0741. The molecule has 0 unspecified atom stereocenters. The van der Waals surface area contributed by atoms with Gasteiger partial charge in [0.25, 0.3) is 5.91 Å². The van der Waals surface area contributed by atoms with Crippen molar-refractivity contribution in [3.63, 3.8) is 0 Å². The third kappa shape index (κ3) is 5.39. The van der Waals surface area contributed by atoms with E-state index in [9.17, 15) is 4.79 Å². The molecule has 0 atom stereocenters. The summed E-state index contributed by atoms with van der Waals surface area (Å²) in [4.78, 5) is 14.7. The number of aryl methyl sites for hydroxylation is 1. The Morgan fingerprint density at radius 1 is 1.32 bits per heavy atom. The molecular weight excluding hydrogens is 256 g/mol. The molecule has 0 heterocycles. The molecule has 1 rings (SSSR count). The molecule has 1 aromatic rings. The van der Waals surface area contributed by atoms with Crippen LogP contribution in [0.5, 0.6) is 0 Å². The predicted octanol–water partition coefficient (Wildman–Crippen LogP) is 2.77. The van der Waals surface area contributed by atoms with Crippen molar-refractivity contribution in [2.45, 2.75) is 27.2 Å². The third-order valence-electron chi connectivity index (χ3n) is 2.80. The lowest BCUT2D eigenvalue weighted by Gasteiger charge is -2.24. The Morgan fingerprint density at radius 2 is 1.89 bits per heavy atom. The Bertz CT molecular complexity index is 440. The van der Waals surface area contributed by atoms with Crippen molar-refractivity contribution in [3.8, 4) is 0 Å². The van der Waals surface area contributed by atoms with E-state index in [1.54, 1.807) is 0 Å². The van der Waals surface area contributed by atoms with E-state index in [0.29, 0.717) is 29.4 Å². The van der Waals surface area contributed by atoms with Gasteiger partial charge in [-0.1, -0.05) is 43.8 Å². The fourth-order valence-electron chi connectivity index (χ4n) is 1.84. The third-order valence-corrected chi connectivity index (χ3v) is 3.00. The fourth-order valence-corrected chi connectivity index (χ4v) is 1.93. The first-order valence-electron chi connectivity index (χ1n) is 6.54. The van der Waals surface area contributed by atoms with E-state index in [2.05, 4.69) is 13.8 Å². The summed E-state index contributed by atoms with van der Waals surface area (Å²) in [5.41, 5.74) is 7.39. The van der Waals surface area contributed by atoms with Crippen LogP contribution in [0.4, 0.5) is 0 Å². The van der Waals surface area contributed by atoms with Gasteiger partial charge >= 0.3 is 0 Å². The number of carbonyl (C=O) groups is 1. The average Bonchev–Trinajstić information content (AvgIpc) is 2.34. The van der Waals surface area contributed by atoms with E-state index < -0.39 is 0 Å². The maximum atomic E-state index is 12.4. The number of rotatable bonds is 6. The standard InChI is InChI=1S/C15H22N2OS/c1-11(2)10-17(9-8-14(16)19)15(18)13-6-4-12(3)5-7-13/h4-7,11H,8-10H2,1-3H3,(H2,16,19). The zero-order valence-electron chi connectivity index (χ0n) is 11.8. The number of carbonyl (C=O) groups excluding carboxylic acids is 1. The number of amides is 1. The minimum Gasteiger partial charge on any atom is -0.393 e. The highest BCUT2D eigenvalue weighted by atomic mass is 32.1. The highest BCUT2D eigenvalue weighted by Gasteiger charge is 2.16. The second-order valence-electron chi connectivity index (χ2n) is 5.23. The Hall–Kier alpha value is -1.42. The lowest BCUT2D eigenvalue weighted by Crippen LogP contribution is -2.36. The van der Waals surface area contributed by atoms with Gasteiger partial charge < -0.3 is 10.6 Å². The molecule has 0 saturated heterocycles. The van der Waals surface area contributed by atoms with Crippen LogP contribution in [0.2, 0.25) is 0 Å². The fraction of sp³-hybridized carbons (Fsp3) is 0.467. The molecule has 0 saturated carbocycles. The highest BCUT2D eigenvalue weighted by molar-refractivity contribution is 7.80. The van der Waals surface area contributed by atoms with Crippen molar-refractivity contribution in [1.29, 1.82) is 0 Å². The summed E-state index contributed by atoms with van der Waals surface area (Å²) in [5.74, 6) is 0.464. The molecule has 3 nitrogen and oxygen atoms in total. The van der Waals surface area contributed by atoms with Crippen molar-refractivity contribution in [3.05, 3.63) is 35.4 Å². The largest absolute Gasteiger partial charge is 0.393 e. The molecule has 1 amide bonds. The average molecular weight is 278 g/mol. The molecule has 0 aromatic heterocycles. The summed E-state index contributed by atoms with van der Waals surface area (Å²) in [7, 11) is 0. The Kier molecular flexibility index (Phi) is 5.96. The normalized spacial score (nSPS) is 10.5. The van der Waals surface area contributed by atoms with Crippen molar-refractivity contribution >= 4 is 23.1 Å². The van der Waals surface area contributed by atoms with Gasteiger partial charge in [0, 0.05) is 25.1 Å². The first-order valence-corrected chi connectivity index (χ1v) is 6.95.